The highest BCUT2D eigenvalue weighted by molar-refractivity contribution is 6.00. The van der Waals surface area contributed by atoms with Crippen molar-refractivity contribution in [1.29, 1.82) is 0 Å². The number of unbranched alkanes of at least 4 members (excludes halogenated alkanes) is 1. The van der Waals surface area contributed by atoms with E-state index in [0.29, 0.717) is 30.5 Å². The number of primary amides is 1. The number of hydrogen-bond acceptors (Lipinski definition) is 21. The van der Waals surface area contributed by atoms with Gasteiger partial charge in [-0.2, -0.15) is 0 Å². The van der Waals surface area contributed by atoms with Crippen molar-refractivity contribution in [3.63, 3.8) is 0 Å². The first-order chi connectivity index (χ1) is 54.2. The maximum atomic E-state index is 14.7. The largest absolute Gasteiger partial charge is 0.481 e. The average Bonchev–Trinajstić information content (AvgIpc) is 1.23. The van der Waals surface area contributed by atoms with E-state index in [1.807, 2.05) is 0 Å². The molecule has 1 aromatic carbocycles. The highest BCUT2D eigenvalue weighted by Gasteiger charge is 2.39. The fourth-order valence-electron chi connectivity index (χ4n) is 11.7. The van der Waals surface area contributed by atoms with Gasteiger partial charge in [0, 0.05) is 37.7 Å². The van der Waals surface area contributed by atoms with Crippen molar-refractivity contribution in [3.05, 3.63) is 54.1 Å². The molecular formula is C75H126N22O18. The molecule has 1 heterocycles. The normalized spacial score (nSPS) is 15.1. The smallest absolute Gasteiger partial charge is 0.303 e. The lowest BCUT2D eigenvalue weighted by molar-refractivity contribution is -0.138. The minimum absolute atomic E-state index is 0.00454. The summed E-state index contributed by atoms with van der Waals surface area (Å²) in [5, 5.41) is 56.1. The van der Waals surface area contributed by atoms with E-state index in [1.54, 1.807) is 99.6 Å². The third-order valence-electron chi connectivity index (χ3n) is 18.6. The molecule has 115 heavy (non-hydrogen) atoms. The minimum Gasteiger partial charge on any atom is -0.481 e. The maximum Gasteiger partial charge on any atom is 0.303 e. The summed E-state index contributed by atoms with van der Waals surface area (Å²) in [7, 11) is 0. The molecule has 0 radical (unpaired) electrons. The first-order valence-electron chi connectivity index (χ1n) is 39.0. The number of nitrogens with one attached hydrogen (secondary N) is 15. The second kappa shape index (κ2) is 52.5. The molecule has 644 valence electrons. The van der Waals surface area contributed by atoms with E-state index in [2.05, 4.69) is 89.4 Å². The van der Waals surface area contributed by atoms with E-state index < -0.39 is 217 Å². The number of imidazole rings is 1. The highest BCUT2D eigenvalue weighted by atomic mass is 16.4. The van der Waals surface area contributed by atoms with Crippen molar-refractivity contribution in [2.75, 3.05) is 32.8 Å². The summed E-state index contributed by atoms with van der Waals surface area (Å²) < 4.78 is 0. The van der Waals surface area contributed by atoms with Crippen LogP contribution in [0.2, 0.25) is 0 Å². The molecule has 0 aliphatic heterocycles. The lowest BCUT2D eigenvalue weighted by atomic mass is 9.96. The second-order valence-corrected chi connectivity index (χ2v) is 29.9. The molecule has 15 amide bonds. The second-order valence-electron chi connectivity index (χ2n) is 29.9. The highest BCUT2D eigenvalue weighted by Crippen LogP contribution is 2.17. The zero-order valence-electron chi connectivity index (χ0n) is 68.1. The molecule has 2 rings (SSSR count). The Balaban J connectivity index is 2.33. The Bertz CT molecular complexity index is 3540. The number of carboxylic acids is 1. The summed E-state index contributed by atoms with van der Waals surface area (Å²) in [6.07, 6.45) is 3.09. The molecule has 0 saturated carbocycles. The van der Waals surface area contributed by atoms with Gasteiger partial charge in [-0.25, -0.2) is 4.98 Å². The van der Waals surface area contributed by atoms with Gasteiger partial charge in [0.15, 0.2) is 5.96 Å². The number of carbonyl (C=O) groups excluding carboxylic acids is 15. The summed E-state index contributed by atoms with van der Waals surface area (Å²) in [5.74, 6) is -16.2. The van der Waals surface area contributed by atoms with Gasteiger partial charge < -0.3 is 118 Å². The van der Waals surface area contributed by atoms with Crippen molar-refractivity contribution in [2.24, 2.45) is 63.3 Å². The summed E-state index contributed by atoms with van der Waals surface area (Å²) in [6.45, 7) is 18.2. The Kier molecular flexibility index (Phi) is 45.7. The number of aliphatic imine (C=N–C) groups is 1. The summed E-state index contributed by atoms with van der Waals surface area (Å²) in [4.78, 5) is 229. The van der Waals surface area contributed by atoms with Crippen LogP contribution in [0.4, 0.5) is 0 Å². The van der Waals surface area contributed by atoms with Gasteiger partial charge in [-0.3, -0.25) is 81.7 Å². The zero-order valence-corrected chi connectivity index (χ0v) is 68.1. The number of aliphatic hydroxyl groups excluding tert-OH is 1. The standard InChI is InChI=1S/C75H126N22O18/c1-13-42(9)60(97-71(112)54(32-46-21-16-15-17-22-46)92-72(113)56(37-98)95-69(110)53(31-41(7)8)94-74(115)61(43(10)14-2)96-67(108)48(87-57(99)34-77)24-20-28-82-75(79)80)73(114)90-49(23-18-19-27-76)65(106)85-44(11)63(104)83-36-58(100)88-52(30-40(5)6)68(109)86-45(12)64(105)89-50(25-26-59(101)102)66(107)93-55(33-47-35-81-38-84-47)70(111)91-51(62(78)103)29-39(3)4/h15-17,21-22,35,38-45,48-56,60-61,98H,13-14,18-20,23-34,36-37,76-77H2,1-12H3,(H2,78,103)(H,81,84)(H,83,104)(H,85,106)(H,86,109)(H,87,99)(H,88,100)(H,89,105)(H,90,114)(H,91,111)(H,92,113)(H,93,107)(H,94,115)(H,95,110)(H,96,108)(H,97,112)(H,101,102)(H4,79,80,82)/t42-,43-,44-,45-,48-,49-,50-,51-,52-,53-,54-,55-,56-,60-,61-/m0/s1. The summed E-state index contributed by atoms with van der Waals surface area (Å²) >= 11 is 0. The fourth-order valence-corrected chi connectivity index (χ4v) is 11.7. The number of guanidine groups is 1. The van der Waals surface area contributed by atoms with E-state index in [-0.39, 0.29) is 94.6 Å². The summed E-state index contributed by atoms with van der Waals surface area (Å²) in [6, 6.07) is -9.52. The molecule has 0 bridgehead atoms. The van der Waals surface area contributed by atoms with Crippen LogP contribution < -0.4 is 103 Å². The van der Waals surface area contributed by atoms with Gasteiger partial charge >= 0.3 is 5.97 Å². The van der Waals surface area contributed by atoms with Crippen molar-refractivity contribution in [3.8, 4) is 0 Å². The molecule has 27 N–H and O–H groups in total. The van der Waals surface area contributed by atoms with Gasteiger partial charge in [0.05, 0.1) is 26.0 Å². The van der Waals surface area contributed by atoms with Crippen molar-refractivity contribution < 1.29 is 86.9 Å². The van der Waals surface area contributed by atoms with Crippen LogP contribution in [0, 0.1) is 29.6 Å². The minimum atomic E-state index is -1.73. The molecule has 0 spiro atoms. The maximum absolute atomic E-state index is 14.7. The van der Waals surface area contributed by atoms with Crippen molar-refractivity contribution >= 4 is 101 Å². The third kappa shape index (κ3) is 38.2. The van der Waals surface area contributed by atoms with Gasteiger partial charge in [0.1, 0.15) is 78.5 Å². The van der Waals surface area contributed by atoms with E-state index in [0.717, 1.165) is 0 Å². The predicted molar refractivity (Wildman–Crippen MR) is 424 cm³/mol. The van der Waals surface area contributed by atoms with Crippen LogP contribution in [0.15, 0.2) is 47.8 Å². The number of rotatable bonds is 55. The molecular weight excluding hydrogens is 1500 g/mol. The Morgan fingerprint density at radius 3 is 1.37 bits per heavy atom. The SMILES string of the molecule is CC[C@H](C)[C@H](NC(=O)[C@H](Cc1ccccc1)NC(=O)[C@H](CO)NC(=O)[C@H](CC(C)C)NC(=O)[C@@H](NC(=O)[C@H](CCCN=C(N)N)NC(=O)CN)[C@@H](C)CC)C(=O)N[C@@H](CCCCN)C(=O)N[C@@H](C)C(=O)NCC(=O)N[C@@H](CC(C)C)C(=O)N[C@@H](C)C(=O)N[C@@H](CCC(=O)O)C(=O)N[C@@H](Cc1cnc[nH]1)C(=O)N[C@@H](CC(C)C)C(N)=O. The number of aromatic nitrogens is 2. The van der Waals surface area contributed by atoms with Crippen LogP contribution in [0.5, 0.6) is 0 Å². The number of nitrogens with two attached hydrogens (primary N) is 5. The number of aliphatic hydroxyl groups is 1. The Morgan fingerprint density at radius 1 is 0.452 bits per heavy atom. The Labute approximate surface area is 670 Å². The van der Waals surface area contributed by atoms with Crippen LogP contribution >= 0.6 is 0 Å². The van der Waals surface area contributed by atoms with Crippen LogP contribution in [0.25, 0.3) is 0 Å². The molecule has 0 fully saturated rings. The molecule has 2 aromatic rings. The van der Waals surface area contributed by atoms with E-state index >= 15 is 0 Å². The van der Waals surface area contributed by atoms with E-state index in [1.165, 1.54) is 26.4 Å². The van der Waals surface area contributed by atoms with Crippen molar-refractivity contribution in [1.82, 2.24) is 84.4 Å². The Morgan fingerprint density at radius 2 is 0.870 bits per heavy atom. The third-order valence-corrected chi connectivity index (χ3v) is 18.6. The number of carboxylic acid groups (broad SMARTS) is 1. The number of aliphatic carboxylic acids is 1. The first kappa shape index (κ1) is 100. The molecule has 40 heteroatoms. The topological polar surface area (TPSA) is 653 Å². The number of hydrogen-bond donors (Lipinski definition) is 22. The van der Waals surface area contributed by atoms with Crippen LogP contribution in [-0.2, 0) is 89.6 Å². The number of nitrogens with zero attached hydrogens (tertiary/aromatic N) is 2. The van der Waals surface area contributed by atoms with Crippen LogP contribution in [-0.4, -0.2) is 232 Å². The number of amides is 15. The molecule has 0 aliphatic carbocycles. The van der Waals surface area contributed by atoms with E-state index in [9.17, 15) is 86.9 Å². The molecule has 15 atom stereocenters. The molecule has 0 aliphatic rings. The quantitative estimate of drug-likeness (QED) is 0.0168. The Hall–Kier alpha value is -10.9. The van der Waals surface area contributed by atoms with E-state index in [4.69, 9.17) is 28.7 Å². The monoisotopic (exact) mass is 1620 g/mol. The predicted octanol–water partition coefficient (Wildman–Crippen LogP) is -4.63. The zero-order chi connectivity index (χ0) is 86.8. The summed E-state index contributed by atoms with van der Waals surface area (Å²) in [5.41, 5.74) is 28.7. The molecule has 1 aromatic heterocycles. The lowest BCUT2D eigenvalue weighted by Gasteiger charge is -2.30. The van der Waals surface area contributed by atoms with Gasteiger partial charge in [-0.15, -0.1) is 0 Å². The molecule has 0 saturated heterocycles. The molecule has 40 nitrogen and oxygen atoms in total. The number of carbonyl (C=O) groups is 16. The van der Waals surface area contributed by atoms with Crippen LogP contribution in [0.3, 0.4) is 0 Å². The number of benzene rings is 1. The van der Waals surface area contributed by atoms with Crippen molar-refractivity contribution in [2.45, 2.75) is 252 Å². The average molecular weight is 1620 g/mol. The van der Waals surface area contributed by atoms with Gasteiger partial charge in [0.2, 0.25) is 88.6 Å². The number of aromatic amines is 1. The van der Waals surface area contributed by atoms with Gasteiger partial charge in [-0.05, 0) is 113 Å². The fraction of sp³-hybridized carbons (Fsp3) is 0.653. The lowest BCUT2D eigenvalue weighted by Crippen LogP contribution is -2.62. The number of H-pyrrole nitrogens is 1. The van der Waals surface area contributed by atoms with Gasteiger partial charge in [-0.1, -0.05) is 112 Å². The first-order valence-corrected chi connectivity index (χ1v) is 39.0. The van der Waals surface area contributed by atoms with Gasteiger partial charge in [0.25, 0.3) is 0 Å². The van der Waals surface area contributed by atoms with Crippen LogP contribution in [0.1, 0.15) is 171 Å². The molecule has 0 unspecified atom stereocenters.